The molecule has 0 aliphatic carbocycles. The molecule has 0 saturated carbocycles. The first-order valence-corrected chi connectivity index (χ1v) is 8.90. The Balaban J connectivity index is 1.85. The highest BCUT2D eigenvalue weighted by Crippen LogP contribution is 2.33. The van der Waals surface area contributed by atoms with Crippen molar-refractivity contribution in [2.24, 2.45) is 0 Å². The van der Waals surface area contributed by atoms with Gasteiger partial charge in [0.15, 0.2) is 0 Å². The van der Waals surface area contributed by atoms with Gasteiger partial charge in [0.25, 0.3) is 0 Å². The lowest BCUT2D eigenvalue weighted by Gasteiger charge is -2.21. The van der Waals surface area contributed by atoms with Gasteiger partial charge in [-0.15, -0.1) is 0 Å². The van der Waals surface area contributed by atoms with Crippen LogP contribution in [-0.2, 0) is 10.0 Å². The molecule has 0 N–H and O–H groups in total. The molecule has 22 heavy (non-hydrogen) atoms. The molecule has 1 aliphatic heterocycles. The number of sulfonamides is 1. The van der Waals surface area contributed by atoms with Crippen molar-refractivity contribution in [3.63, 3.8) is 0 Å². The summed E-state index contributed by atoms with van der Waals surface area (Å²) in [5.74, 6) is 1.03. The van der Waals surface area contributed by atoms with Crippen LogP contribution in [0, 0.1) is 0 Å². The third-order valence-electron chi connectivity index (χ3n) is 3.57. The molecule has 7 heteroatoms. The molecule has 1 atom stereocenters. The van der Waals surface area contributed by atoms with Crippen LogP contribution in [0.15, 0.2) is 42.7 Å². The largest absolute Gasteiger partial charge is 0.437 e. The Hall–Kier alpha value is -1.99. The second-order valence-corrected chi connectivity index (χ2v) is 7.16. The predicted molar refractivity (Wildman–Crippen MR) is 82.1 cm³/mol. The Labute approximate surface area is 129 Å². The maximum atomic E-state index is 11.8. The number of para-hydroxylation sites is 1. The molecule has 2 aromatic rings. The number of aromatic nitrogens is 2. The van der Waals surface area contributed by atoms with Crippen molar-refractivity contribution in [2.75, 3.05) is 12.8 Å². The lowest BCUT2D eigenvalue weighted by molar-refractivity contribution is 0.386. The molecular weight excluding hydrogens is 302 g/mol. The van der Waals surface area contributed by atoms with Gasteiger partial charge in [0.2, 0.25) is 15.9 Å². The highest BCUT2D eigenvalue weighted by molar-refractivity contribution is 7.88. The maximum Gasteiger partial charge on any atom is 0.238 e. The van der Waals surface area contributed by atoms with E-state index in [1.807, 2.05) is 30.3 Å². The monoisotopic (exact) mass is 319 g/mol. The van der Waals surface area contributed by atoms with E-state index >= 15 is 0 Å². The zero-order valence-corrected chi connectivity index (χ0v) is 13.0. The number of ether oxygens (including phenoxy) is 1. The van der Waals surface area contributed by atoms with E-state index in [4.69, 9.17) is 4.74 Å². The van der Waals surface area contributed by atoms with E-state index in [1.54, 1.807) is 6.20 Å². The first-order chi connectivity index (χ1) is 10.5. The van der Waals surface area contributed by atoms with Crippen molar-refractivity contribution >= 4 is 10.0 Å². The second-order valence-electron chi connectivity index (χ2n) is 5.23. The molecule has 3 rings (SSSR count). The fourth-order valence-corrected chi connectivity index (χ4v) is 3.75. The SMILES string of the molecule is CS(=O)(=O)N1CCC[C@H]1c1cncc(Oc2ccccc2)n1. The number of benzene rings is 1. The van der Waals surface area contributed by atoms with Crippen LogP contribution in [0.4, 0.5) is 0 Å². The highest BCUT2D eigenvalue weighted by Gasteiger charge is 2.33. The molecular formula is C15H17N3O3S. The van der Waals surface area contributed by atoms with Crippen LogP contribution in [0.5, 0.6) is 11.6 Å². The van der Waals surface area contributed by atoms with Gasteiger partial charge in [-0.3, -0.25) is 4.98 Å². The summed E-state index contributed by atoms with van der Waals surface area (Å²) in [6.45, 7) is 0.523. The van der Waals surface area contributed by atoms with E-state index in [1.165, 1.54) is 16.8 Å². The standard InChI is InChI=1S/C15H17N3O3S/c1-22(19,20)18-9-5-8-14(18)13-10-16-11-15(17-13)21-12-6-3-2-4-7-12/h2-4,6-7,10-11,14H,5,8-9H2,1H3/t14-/m0/s1. The third kappa shape index (κ3) is 3.26. The summed E-state index contributed by atoms with van der Waals surface area (Å²) < 4.78 is 30.8. The molecule has 6 nitrogen and oxygen atoms in total. The van der Waals surface area contributed by atoms with Crippen LogP contribution in [0.25, 0.3) is 0 Å². The van der Waals surface area contributed by atoms with Crippen molar-refractivity contribution in [2.45, 2.75) is 18.9 Å². The average molecular weight is 319 g/mol. The third-order valence-corrected chi connectivity index (χ3v) is 4.86. The summed E-state index contributed by atoms with van der Waals surface area (Å²) in [4.78, 5) is 8.56. The Morgan fingerprint density at radius 3 is 2.73 bits per heavy atom. The summed E-state index contributed by atoms with van der Waals surface area (Å²) in [5, 5.41) is 0. The molecule has 1 aromatic heterocycles. The zero-order valence-electron chi connectivity index (χ0n) is 12.2. The van der Waals surface area contributed by atoms with Gasteiger partial charge in [-0.25, -0.2) is 13.4 Å². The summed E-state index contributed by atoms with van der Waals surface area (Å²) in [7, 11) is -3.25. The number of nitrogens with zero attached hydrogens (tertiary/aromatic N) is 3. The van der Waals surface area contributed by atoms with Crippen molar-refractivity contribution < 1.29 is 13.2 Å². The van der Waals surface area contributed by atoms with Gasteiger partial charge in [0, 0.05) is 6.54 Å². The molecule has 1 fully saturated rings. The smallest absolute Gasteiger partial charge is 0.238 e. The van der Waals surface area contributed by atoms with Crippen molar-refractivity contribution in [1.29, 1.82) is 0 Å². The van der Waals surface area contributed by atoms with Gasteiger partial charge < -0.3 is 4.74 Å². The highest BCUT2D eigenvalue weighted by atomic mass is 32.2. The topological polar surface area (TPSA) is 72.4 Å². The molecule has 0 radical (unpaired) electrons. The fraction of sp³-hybridized carbons (Fsp3) is 0.333. The lowest BCUT2D eigenvalue weighted by Crippen LogP contribution is -2.30. The molecule has 2 heterocycles. The number of hydrogen-bond donors (Lipinski definition) is 0. The Bertz CT molecular complexity index is 750. The predicted octanol–water partition coefficient (Wildman–Crippen LogP) is 2.37. The molecule has 116 valence electrons. The maximum absolute atomic E-state index is 11.8. The average Bonchev–Trinajstić information content (AvgIpc) is 2.98. The molecule has 1 aliphatic rings. The summed E-state index contributed by atoms with van der Waals surface area (Å²) in [5.41, 5.74) is 0.622. The quantitative estimate of drug-likeness (QED) is 0.865. The van der Waals surface area contributed by atoms with Crippen LogP contribution in [0.1, 0.15) is 24.6 Å². The van der Waals surface area contributed by atoms with Crippen molar-refractivity contribution in [3.8, 4) is 11.6 Å². The van der Waals surface area contributed by atoms with Gasteiger partial charge in [-0.2, -0.15) is 4.31 Å². The molecule has 1 saturated heterocycles. The van der Waals surface area contributed by atoms with Crippen LogP contribution in [-0.4, -0.2) is 35.5 Å². The van der Waals surface area contributed by atoms with E-state index in [0.717, 1.165) is 12.8 Å². The first-order valence-electron chi connectivity index (χ1n) is 7.06. The van der Waals surface area contributed by atoms with Gasteiger partial charge in [-0.05, 0) is 25.0 Å². The van der Waals surface area contributed by atoms with Gasteiger partial charge in [-0.1, -0.05) is 18.2 Å². The molecule has 0 unspecified atom stereocenters. The Morgan fingerprint density at radius 1 is 1.23 bits per heavy atom. The van der Waals surface area contributed by atoms with Crippen LogP contribution in [0.2, 0.25) is 0 Å². The summed E-state index contributed by atoms with van der Waals surface area (Å²) in [6.07, 6.45) is 5.92. The van der Waals surface area contributed by atoms with E-state index in [-0.39, 0.29) is 6.04 Å². The Kier molecular flexibility index (Phi) is 4.08. The van der Waals surface area contributed by atoms with Crippen LogP contribution >= 0.6 is 0 Å². The van der Waals surface area contributed by atoms with E-state index in [9.17, 15) is 8.42 Å². The first kappa shape index (κ1) is 14.9. The van der Waals surface area contributed by atoms with E-state index in [0.29, 0.717) is 23.9 Å². The summed E-state index contributed by atoms with van der Waals surface area (Å²) >= 11 is 0. The minimum Gasteiger partial charge on any atom is -0.437 e. The van der Waals surface area contributed by atoms with E-state index < -0.39 is 10.0 Å². The van der Waals surface area contributed by atoms with Gasteiger partial charge in [0.05, 0.1) is 30.4 Å². The van der Waals surface area contributed by atoms with Gasteiger partial charge >= 0.3 is 0 Å². The van der Waals surface area contributed by atoms with Gasteiger partial charge in [0.1, 0.15) is 5.75 Å². The van der Waals surface area contributed by atoms with Crippen molar-refractivity contribution in [1.82, 2.24) is 14.3 Å². The second kappa shape index (κ2) is 6.02. The van der Waals surface area contributed by atoms with Crippen molar-refractivity contribution in [3.05, 3.63) is 48.4 Å². The number of hydrogen-bond acceptors (Lipinski definition) is 5. The molecule has 0 bridgehead atoms. The minimum atomic E-state index is -3.25. The summed E-state index contributed by atoms with van der Waals surface area (Å²) in [6, 6.07) is 9.03. The lowest BCUT2D eigenvalue weighted by atomic mass is 10.2. The Morgan fingerprint density at radius 2 is 2.00 bits per heavy atom. The van der Waals surface area contributed by atoms with Crippen LogP contribution < -0.4 is 4.74 Å². The minimum absolute atomic E-state index is 0.262. The molecule has 1 aromatic carbocycles. The molecule has 0 spiro atoms. The van der Waals surface area contributed by atoms with Crippen LogP contribution in [0.3, 0.4) is 0 Å². The zero-order chi connectivity index (χ0) is 15.6. The fourth-order valence-electron chi connectivity index (χ4n) is 2.61. The molecule has 0 amide bonds. The van der Waals surface area contributed by atoms with E-state index in [2.05, 4.69) is 9.97 Å². The normalized spacial score (nSPS) is 19.2. The number of rotatable bonds is 4.